The summed E-state index contributed by atoms with van der Waals surface area (Å²) in [5.74, 6) is 0. The van der Waals surface area contributed by atoms with Gasteiger partial charge in [-0.05, 0) is 32.3 Å². The van der Waals surface area contributed by atoms with Gasteiger partial charge in [0.15, 0.2) is 6.23 Å². The minimum Gasteiger partial charge on any atom is -0.394 e. The molecule has 10 nitrogen and oxygen atoms in total. The molecule has 1 aliphatic rings. The zero-order valence-corrected chi connectivity index (χ0v) is 19.5. The van der Waals surface area contributed by atoms with Gasteiger partial charge in [-0.1, -0.05) is 59.8 Å². The summed E-state index contributed by atoms with van der Waals surface area (Å²) < 4.78 is 12.3. The standard InChI is InChI=1S/C27H23N3O7/c31-13-20-24(33)25(26(37-20)30-11-10-21(32)29-27(30)34)35-14-36-28-12-18-7-6-17-5-4-15-2-1-3-16-8-9-19(18)23(17)22(15)16/h1-12,20,24-26,31,33H,13-14H2,(H,29,32,34)/t20-,24-,25-,26-/m1/s1. The number of hydrogen-bond donors (Lipinski definition) is 3. The molecule has 2 heterocycles. The predicted octanol–water partition coefficient (Wildman–Crippen LogP) is 2.08. The Hall–Kier alpha value is -4.09. The van der Waals surface area contributed by atoms with E-state index in [9.17, 15) is 19.8 Å². The Bertz CT molecular complexity index is 1710. The molecule has 1 fully saturated rings. The van der Waals surface area contributed by atoms with Gasteiger partial charge in [0.25, 0.3) is 5.56 Å². The fourth-order valence-electron chi connectivity index (χ4n) is 5.00. The van der Waals surface area contributed by atoms with Crippen LogP contribution in [0.15, 0.2) is 81.6 Å². The van der Waals surface area contributed by atoms with E-state index in [4.69, 9.17) is 14.3 Å². The van der Waals surface area contributed by atoms with Crippen molar-refractivity contribution in [3.05, 3.63) is 93.3 Å². The maximum atomic E-state index is 12.2. The van der Waals surface area contributed by atoms with Crippen molar-refractivity contribution in [2.24, 2.45) is 5.16 Å². The minimum atomic E-state index is -1.24. The van der Waals surface area contributed by atoms with Crippen molar-refractivity contribution in [3.8, 4) is 0 Å². The largest absolute Gasteiger partial charge is 0.394 e. The first-order valence-corrected chi connectivity index (χ1v) is 11.7. The van der Waals surface area contributed by atoms with Gasteiger partial charge in [0.1, 0.15) is 18.3 Å². The molecule has 0 radical (unpaired) electrons. The van der Waals surface area contributed by atoms with Crippen molar-refractivity contribution in [3.63, 3.8) is 0 Å². The first-order valence-electron chi connectivity index (χ1n) is 11.7. The third-order valence-corrected chi connectivity index (χ3v) is 6.76. The van der Waals surface area contributed by atoms with Gasteiger partial charge in [-0.25, -0.2) is 4.79 Å². The quantitative estimate of drug-likeness (QED) is 0.102. The van der Waals surface area contributed by atoms with Gasteiger partial charge >= 0.3 is 5.69 Å². The third kappa shape index (κ3) is 4.05. The van der Waals surface area contributed by atoms with Crippen LogP contribution in [0.25, 0.3) is 32.3 Å². The number of H-pyrrole nitrogens is 1. The average molecular weight is 501 g/mol. The number of aliphatic hydroxyl groups is 2. The molecule has 0 saturated carbocycles. The van der Waals surface area contributed by atoms with Crippen molar-refractivity contribution in [1.29, 1.82) is 0 Å². The Labute approximate surface area is 209 Å². The fraction of sp³-hybridized carbons (Fsp3) is 0.222. The van der Waals surface area contributed by atoms with Crippen LogP contribution < -0.4 is 11.2 Å². The molecule has 4 aromatic carbocycles. The second-order valence-electron chi connectivity index (χ2n) is 8.88. The van der Waals surface area contributed by atoms with Crippen LogP contribution in [0, 0.1) is 0 Å². The number of benzene rings is 4. The topological polar surface area (TPSA) is 135 Å². The van der Waals surface area contributed by atoms with Gasteiger partial charge in [-0.2, -0.15) is 0 Å². The van der Waals surface area contributed by atoms with Crippen molar-refractivity contribution in [1.82, 2.24) is 9.55 Å². The maximum absolute atomic E-state index is 12.2. The number of aromatic amines is 1. The van der Waals surface area contributed by atoms with Crippen LogP contribution in [-0.2, 0) is 14.3 Å². The Kier molecular flexibility index (Phi) is 5.93. The average Bonchev–Trinajstić information content (AvgIpc) is 3.22. The van der Waals surface area contributed by atoms with E-state index in [1.807, 2.05) is 18.2 Å². The summed E-state index contributed by atoms with van der Waals surface area (Å²) in [6, 6.07) is 19.8. The highest BCUT2D eigenvalue weighted by Crippen LogP contribution is 2.35. The number of nitrogens with one attached hydrogen (secondary N) is 1. The van der Waals surface area contributed by atoms with Crippen LogP contribution in [0.2, 0.25) is 0 Å². The van der Waals surface area contributed by atoms with Crippen molar-refractivity contribution in [2.45, 2.75) is 24.5 Å². The van der Waals surface area contributed by atoms with Gasteiger partial charge < -0.3 is 24.5 Å². The molecule has 1 saturated heterocycles. The van der Waals surface area contributed by atoms with E-state index >= 15 is 0 Å². The zero-order valence-electron chi connectivity index (χ0n) is 19.5. The molecule has 188 valence electrons. The normalized spacial score (nSPS) is 22.1. The summed E-state index contributed by atoms with van der Waals surface area (Å²) in [5.41, 5.74) is -0.432. The van der Waals surface area contributed by atoms with Gasteiger partial charge in [0, 0.05) is 17.8 Å². The minimum absolute atomic E-state index is 0.347. The Morgan fingerprint density at radius 2 is 1.73 bits per heavy atom. The van der Waals surface area contributed by atoms with E-state index in [0.29, 0.717) is 0 Å². The fourth-order valence-corrected chi connectivity index (χ4v) is 5.00. The monoisotopic (exact) mass is 501 g/mol. The van der Waals surface area contributed by atoms with E-state index in [2.05, 4.69) is 46.5 Å². The van der Waals surface area contributed by atoms with Crippen LogP contribution in [0.5, 0.6) is 0 Å². The van der Waals surface area contributed by atoms with E-state index in [0.717, 1.165) is 32.4 Å². The third-order valence-electron chi connectivity index (χ3n) is 6.76. The Balaban J connectivity index is 1.20. The smallest absolute Gasteiger partial charge is 0.330 e. The van der Waals surface area contributed by atoms with Crippen LogP contribution in [0.1, 0.15) is 11.8 Å². The summed E-state index contributed by atoms with van der Waals surface area (Å²) in [5, 5.41) is 31.0. The van der Waals surface area contributed by atoms with E-state index < -0.39 is 42.4 Å². The second-order valence-corrected chi connectivity index (χ2v) is 8.88. The summed E-state index contributed by atoms with van der Waals surface area (Å²) in [7, 11) is 0. The lowest BCUT2D eigenvalue weighted by molar-refractivity contribution is -0.139. The molecule has 0 unspecified atom stereocenters. The molecule has 0 aliphatic carbocycles. The molecule has 5 aromatic rings. The SMILES string of the molecule is O=c1ccn([C@@H]2O[C@H](CO)[C@@H](O)[C@H]2OCON=Cc2ccc3ccc4cccc5ccc2c3c45)c(=O)[nH]1. The molecule has 37 heavy (non-hydrogen) atoms. The highest BCUT2D eigenvalue weighted by Gasteiger charge is 2.45. The van der Waals surface area contributed by atoms with Crippen molar-refractivity contribution in [2.75, 3.05) is 13.4 Å². The summed E-state index contributed by atoms with van der Waals surface area (Å²) in [6.07, 6.45) is -1.51. The van der Waals surface area contributed by atoms with Crippen LogP contribution >= 0.6 is 0 Å². The van der Waals surface area contributed by atoms with Gasteiger partial charge in [0.05, 0.1) is 12.8 Å². The molecule has 0 spiro atoms. The van der Waals surface area contributed by atoms with E-state index in [1.54, 1.807) is 6.21 Å². The second kappa shape index (κ2) is 9.41. The predicted molar refractivity (Wildman–Crippen MR) is 137 cm³/mol. The first kappa shape index (κ1) is 23.3. The number of ether oxygens (including phenoxy) is 2. The maximum Gasteiger partial charge on any atom is 0.330 e. The molecule has 3 N–H and O–H groups in total. The molecule has 0 amide bonds. The number of aliphatic hydroxyl groups excluding tert-OH is 2. The lowest BCUT2D eigenvalue weighted by Gasteiger charge is -2.21. The van der Waals surface area contributed by atoms with Gasteiger partial charge in [-0.3, -0.25) is 14.3 Å². The first-order chi connectivity index (χ1) is 18.0. The molecular weight excluding hydrogens is 478 g/mol. The van der Waals surface area contributed by atoms with Gasteiger partial charge in [0.2, 0.25) is 6.79 Å². The number of nitrogens with zero attached hydrogens (tertiary/aromatic N) is 2. The Morgan fingerprint density at radius 1 is 1.00 bits per heavy atom. The van der Waals surface area contributed by atoms with E-state index in [1.165, 1.54) is 22.4 Å². The molecule has 1 aromatic heterocycles. The molecule has 4 atom stereocenters. The van der Waals surface area contributed by atoms with Crippen LogP contribution in [0.4, 0.5) is 0 Å². The lowest BCUT2D eigenvalue weighted by Crippen LogP contribution is -2.39. The van der Waals surface area contributed by atoms with Crippen molar-refractivity contribution < 1.29 is 24.5 Å². The summed E-state index contributed by atoms with van der Waals surface area (Å²) >= 11 is 0. The lowest BCUT2D eigenvalue weighted by atomic mass is 9.92. The highest BCUT2D eigenvalue weighted by molar-refractivity contribution is 6.25. The molecule has 10 heteroatoms. The number of rotatable bonds is 7. The number of oxime groups is 1. The molecule has 0 bridgehead atoms. The molecular formula is C27H23N3O7. The van der Waals surface area contributed by atoms with Crippen LogP contribution in [0.3, 0.4) is 0 Å². The number of hydrogen-bond acceptors (Lipinski definition) is 8. The number of aromatic nitrogens is 2. The van der Waals surface area contributed by atoms with Gasteiger partial charge in [-0.15, -0.1) is 0 Å². The van der Waals surface area contributed by atoms with Crippen LogP contribution in [-0.4, -0.2) is 57.7 Å². The summed E-state index contributed by atoms with van der Waals surface area (Å²) in [4.78, 5) is 31.1. The Morgan fingerprint density at radius 3 is 2.49 bits per heavy atom. The molecule has 1 aliphatic heterocycles. The van der Waals surface area contributed by atoms with E-state index in [-0.39, 0.29) is 6.79 Å². The highest BCUT2D eigenvalue weighted by atomic mass is 16.8. The zero-order chi connectivity index (χ0) is 25.5. The summed E-state index contributed by atoms with van der Waals surface area (Å²) in [6.45, 7) is -0.830. The molecule has 6 rings (SSSR count). The van der Waals surface area contributed by atoms with Crippen molar-refractivity contribution >= 4 is 38.5 Å².